The van der Waals surface area contributed by atoms with Crippen LogP contribution in [-0.4, -0.2) is 19.5 Å². The zero-order valence-electron chi connectivity index (χ0n) is 36.8. The normalized spacial score (nSPS) is 11.5. The molecule has 0 saturated carbocycles. The van der Waals surface area contributed by atoms with Gasteiger partial charge in [0.2, 0.25) is 0 Å². The van der Waals surface area contributed by atoms with Crippen LogP contribution in [0.3, 0.4) is 0 Å². The average molecular weight is 869 g/mol. The predicted octanol–water partition coefficient (Wildman–Crippen LogP) is 16.5. The summed E-state index contributed by atoms with van der Waals surface area (Å²) in [7, 11) is 0. The lowest BCUT2D eigenvalue weighted by molar-refractivity contribution is 0.669. The Kier molecular flexibility index (Phi) is 9.43. The maximum atomic E-state index is 6.57. The lowest BCUT2D eigenvalue weighted by atomic mass is 9.92. The number of rotatable bonds is 8. The van der Waals surface area contributed by atoms with Crippen LogP contribution in [0.5, 0.6) is 0 Å². The second kappa shape index (κ2) is 16.4. The van der Waals surface area contributed by atoms with Crippen LogP contribution in [0.15, 0.2) is 247 Å². The average Bonchev–Trinajstić information content (AvgIpc) is 3.95. The molecule has 0 amide bonds. The Bertz CT molecular complexity index is 3810. The van der Waals surface area contributed by atoms with Gasteiger partial charge >= 0.3 is 0 Å². The van der Waals surface area contributed by atoms with Gasteiger partial charge in [0, 0.05) is 55.4 Å². The lowest BCUT2D eigenvalue weighted by Crippen LogP contribution is -2.04. The first-order chi connectivity index (χ1) is 33.7. The maximum Gasteiger partial charge on any atom is 0.164 e. The molecule has 0 unspecified atom stereocenters. The number of para-hydroxylation sites is 2. The Balaban J connectivity index is 1.07. The molecule has 3 aromatic heterocycles. The Morgan fingerprint density at radius 1 is 0.265 bits per heavy atom. The molecule has 5 nitrogen and oxygen atoms in total. The van der Waals surface area contributed by atoms with Crippen LogP contribution in [0.25, 0.3) is 128 Å². The molecular weight excluding hydrogens is 829 g/mol. The molecule has 5 heteroatoms. The van der Waals surface area contributed by atoms with E-state index >= 15 is 0 Å². The van der Waals surface area contributed by atoms with Crippen LogP contribution in [0.2, 0.25) is 0 Å². The van der Waals surface area contributed by atoms with E-state index in [9.17, 15) is 0 Å². The second-order valence-electron chi connectivity index (χ2n) is 17.2. The molecule has 0 aliphatic heterocycles. The summed E-state index contributed by atoms with van der Waals surface area (Å²) in [6.07, 6.45) is 0. The highest BCUT2D eigenvalue weighted by Gasteiger charge is 2.24. The van der Waals surface area contributed by atoms with E-state index in [0.717, 1.165) is 105 Å². The molecule has 0 spiro atoms. The van der Waals surface area contributed by atoms with Crippen LogP contribution in [0.4, 0.5) is 0 Å². The van der Waals surface area contributed by atoms with Crippen LogP contribution in [0, 0.1) is 0 Å². The summed E-state index contributed by atoms with van der Waals surface area (Å²) in [5.41, 5.74) is 16.4. The molecule has 0 fully saturated rings. The van der Waals surface area contributed by atoms with E-state index in [0.29, 0.717) is 17.5 Å². The molecule has 13 aromatic rings. The van der Waals surface area contributed by atoms with Crippen molar-refractivity contribution in [3.8, 4) is 84.4 Å². The van der Waals surface area contributed by atoms with E-state index in [1.807, 2.05) is 24.3 Å². The first-order valence-corrected chi connectivity index (χ1v) is 22.9. The summed E-state index contributed by atoms with van der Waals surface area (Å²) in [5.74, 6) is 1.78. The van der Waals surface area contributed by atoms with Crippen LogP contribution in [-0.2, 0) is 0 Å². The molecule has 0 atom stereocenters. The zero-order chi connectivity index (χ0) is 45.0. The Morgan fingerprint density at radius 3 is 1.21 bits per heavy atom. The minimum atomic E-state index is 0.580. The molecule has 0 aliphatic carbocycles. The van der Waals surface area contributed by atoms with E-state index in [-0.39, 0.29) is 0 Å². The fourth-order valence-corrected chi connectivity index (χ4v) is 9.76. The van der Waals surface area contributed by atoms with Crippen molar-refractivity contribution >= 4 is 43.7 Å². The van der Waals surface area contributed by atoms with E-state index in [2.05, 4.69) is 223 Å². The largest absolute Gasteiger partial charge is 0.456 e. The van der Waals surface area contributed by atoms with Gasteiger partial charge in [-0.25, -0.2) is 15.0 Å². The monoisotopic (exact) mass is 868 g/mol. The van der Waals surface area contributed by atoms with E-state index in [1.54, 1.807) is 0 Å². The molecule has 3 heterocycles. The highest BCUT2D eigenvalue weighted by Crippen LogP contribution is 2.45. The van der Waals surface area contributed by atoms with Crippen molar-refractivity contribution in [2.75, 3.05) is 0 Å². The van der Waals surface area contributed by atoms with Crippen molar-refractivity contribution in [3.63, 3.8) is 0 Å². The number of aromatic nitrogens is 4. The van der Waals surface area contributed by atoms with Gasteiger partial charge < -0.3 is 8.98 Å². The van der Waals surface area contributed by atoms with Gasteiger partial charge in [0.15, 0.2) is 17.5 Å². The van der Waals surface area contributed by atoms with Crippen molar-refractivity contribution in [2.24, 2.45) is 0 Å². The van der Waals surface area contributed by atoms with Gasteiger partial charge in [0.05, 0.1) is 16.7 Å². The minimum absolute atomic E-state index is 0.580. The number of fused-ring (bicyclic) bond motifs is 6. The molecular formula is C63H40N4O. The highest BCUT2D eigenvalue weighted by atomic mass is 16.3. The number of hydrogen-bond acceptors (Lipinski definition) is 4. The lowest BCUT2D eigenvalue weighted by Gasteiger charge is -2.21. The van der Waals surface area contributed by atoms with Gasteiger partial charge in [0.1, 0.15) is 11.2 Å². The van der Waals surface area contributed by atoms with Crippen molar-refractivity contribution in [1.82, 2.24) is 19.5 Å². The van der Waals surface area contributed by atoms with Gasteiger partial charge in [-0.2, -0.15) is 0 Å². The van der Waals surface area contributed by atoms with Crippen LogP contribution < -0.4 is 0 Å². The summed E-state index contributed by atoms with van der Waals surface area (Å²) in [6.45, 7) is 0. The highest BCUT2D eigenvalue weighted by molar-refractivity contribution is 6.18. The molecule has 0 aliphatic rings. The molecule has 10 aromatic carbocycles. The van der Waals surface area contributed by atoms with Crippen molar-refractivity contribution in [3.05, 3.63) is 243 Å². The van der Waals surface area contributed by atoms with Crippen LogP contribution in [0.1, 0.15) is 0 Å². The SMILES string of the molecule is c1ccc(-c2ccc(-c3nc(-c4ccc(-c5ccccc5)cc4)nc(-c4cc(-c5ccccc5)c(-n5c6ccccc6c6cc7c(cc65)oc5ccccc57)c(-c5ccccc5)c4)n3)cc2)cc1. The molecule has 318 valence electrons. The molecule has 0 N–H and O–H groups in total. The summed E-state index contributed by atoms with van der Waals surface area (Å²) in [6, 6.07) is 85.2. The first kappa shape index (κ1) is 39.2. The second-order valence-corrected chi connectivity index (χ2v) is 17.2. The quantitative estimate of drug-likeness (QED) is 0.153. The number of hydrogen-bond donors (Lipinski definition) is 0. The molecule has 0 radical (unpaired) electrons. The van der Waals surface area contributed by atoms with Gasteiger partial charge in [-0.15, -0.1) is 0 Å². The fourth-order valence-electron chi connectivity index (χ4n) is 9.76. The Hall–Kier alpha value is -9.19. The van der Waals surface area contributed by atoms with Gasteiger partial charge in [0.25, 0.3) is 0 Å². The van der Waals surface area contributed by atoms with E-state index in [1.165, 1.54) is 5.39 Å². The molecule has 13 rings (SSSR count). The number of benzene rings is 10. The summed E-state index contributed by atoms with van der Waals surface area (Å²) >= 11 is 0. The third kappa shape index (κ3) is 6.84. The third-order valence-corrected chi connectivity index (χ3v) is 13.1. The van der Waals surface area contributed by atoms with Crippen molar-refractivity contribution in [1.29, 1.82) is 0 Å². The van der Waals surface area contributed by atoms with Gasteiger partial charge in [-0.1, -0.05) is 206 Å². The number of nitrogens with zero attached hydrogens (tertiary/aromatic N) is 4. The standard InChI is InChI=1S/C63H40N4O/c1-5-17-41(18-6-1)43-29-33-47(34-30-43)61-64-62(48-35-31-44(32-36-48)42-19-7-2-8-20-42)66-63(65-61)49-37-52(45-21-9-3-10-22-45)60(53(38-49)46-23-11-4-12-24-46)67-56-27-15-13-25-50(56)54-39-55-51-26-14-16-28-58(51)68-59(55)40-57(54)67/h1-40H. The van der Waals surface area contributed by atoms with Crippen molar-refractivity contribution < 1.29 is 4.42 Å². The van der Waals surface area contributed by atoms with Crippen molar-refractivity contribution in [2.45, 2.75) is 0 Å². The first-order valence-electron chi connectivity index (χ1n) is 22.9. The topological polar surface area (TPSA) is 56.7 Å². The molecule has 68 heavy (non-hydrogen) atoms. The van der Waals surface area contributed by atoms with E-state index < -0.39 is 0 Å². The fraction of sp³-hybridized carbons (Fsp3) is 0. The van der Waals surface area contributed by atoms with Crippen LogP contribution >= 0.6 is 0 Å². The summed E-state index contributed by atoms with van der Waals surface area (Å²) < 4.78 is 9.00. The molecule has 0 bridgehead atoms. The predicted molar refractivity (Wildman–Crippen MR) is 279 cm³/mol. The minimum Gasteiger partial charge on any atom is -0.456 e. The van der Waals surface area contributed by atoms with Gasteiger partial charge in [-0.3, -0.25) is 0 Å². The third-order valence-electron chi connectivity index (χ3n) is 13.1. The Morgan fingerprint density at radius 2 is 0.676 bits per heavy atom. The zero-order valence-corrected chi connectivity index (χ0v) is 36.8. The molecule has 0 saturated heterocycles. The Labute approximate surface area is 392 Å². The smallest absolute Gasteiger partial charge is 0.164 e. The van der Waals surface area contributed by atoms with Gasteiger partial charge in [-0.05, 0) is 63.7 Å². The maximum absolute atomic E-state index is 6.57. The summed E-state index contributed by atoms with van der Waals surface area (Å²) in [4.78, 5) is 15.9. The van der Waals surface area contributed by atoms with E-state index in [4.69, 9.17) is 19.4 Å². The number of furan rings is 1. The summed E-state index contributed by atoms with van der Waals surface area (Å²) in [5, 5.41) is 4.53.